The van der Waals surface area contributed by atoms with Gasteiger partial charge in [-0.1, -0.05) is 0 Å². The highest BCUT2D eigenvalue weighted by atomic mass is 19.4. The summed E-state index contributed by atoms with van der Waals surface area (Å²) in [5.41, 5.74) is 0. The van der Waals surface area contributed by atoms with Gasteiger partial charge in [0.15, 0.2) is 0 Å². The number of carbonyl (C=O) groups excluding carboxylic acids is 3. The van der Waals surface area contributed by atoms with E-state index in [4.69, 9.17) is 0 Å². The van der Waals surface area contributed by atoms with Gasteiger partial charge < -0.3 is 14.5 Å². The number of likely N-dealkylation sites (tertiary alicyclic amines) is 2. The fourth-order valence-electron chi connectivity index (χ4n) is 3.03. The predicted molar refractivity (Wildman–Crippen MR) is 67.5 cm³/mol. The maximum Gasteiger partial charge on any atom is 0.471 e. The molecule has 2 atom stereocenters. The molecule has 2 fully saturated rings. The molecular formula is C13H17F3N2O4. The van der Waals surface area contributed by atoms with Crippen LogP contribution < -0.4 is 0 Å². The lowest BCUT2D eigenvalue weighted by atomic mass is 10.1. The number of alkyl halides is 3. The van der Waals surface area contributed by atoms with Crippen LogP contribution in [0, 0.1) is 0 Å². The minimum Gasteiger partial charge on any atom is -0.467 e. The third kappa shape index (κ3) is 3.02. The van der Waals surface area contributed by atoms with E-state index in [9.17, 15) is 27.6 Å². The first-order valence-electron chi connectivity index (χ1n) is 7.03. The van der Waals surface area contributed by atoms with Crippen molar-refractivity contribution in [3.05, 3.63) is 0 Å². The molecule has 2 heterocycles. The zero-order chi connectivity index (χ0) is 16.5. The van der Waals surface area contributed by atoms with E-state index >= 15 is 0 Å². The van der Waals surface area contributed by atoms with Crippen LogP contribution in [0.25, 0.3) is 0 Å². The van der Waals surface area contributed by atoms with Crippen LogP contribution >= 0.6 is 0 Å². The predicted octanol–water partition coefficient (Wildman–Crippen LogP) is 0.704. The molecule has 0 bridgehead atoms. The number of ether oxygens (including phenoxy) is 1. The summed E-state index contributed by atoms with van der Waals surface area (Å²) in [7, 11) is 1.19. The average Bonchev–Trinajstić information content (AvgIpc) is 3.12. The summed E-state index contributed by atoms with van der Waals surface area (Å²) < 4.78 is 42.4. The molecule has 0 aliphatic carbocycles. The van der Waals surface area contributed by atoms with Crippen molar-refractivity contribution in [3.8, 4) is 0 Å². The van der Waals surface area contributed by atoms with Gasteiger partial charge in [-0.25, -0.2) is 4.79 Å². The third-order valence-corrected chi connectivity index (χ3v) is 4.05. The Hall–Kier alpha value is -1.80. The molecule has 0 saturated carbocycles. The second-order valence-corrected chi connectivity index (χ2v) is 5.37. The Bertz CT molecular complexity index is 480. The normalized spacial score (nSPS) is 25.5. The van der Waals surface area contributed by atoms with Gasteiger partial charge in [-0.05, 0) is 25.7 Å². The highest BCUT2D eigenvalue weighted by molar-refractivity contribution is 5.92. The van der Waals surface area contributed by atoms with Crippen molar-refractivity contribution in [2.75, 3.05) is 20.2 Å². The molecule has 0 aromatic carbocycles. The van der Waals surface area contributed by atoms with Crippen LogP contribution in [0.4, 0.5) is 13.2 Å². The Morgan fingerprint density at radius 2 is 1.55 bits per heavy atom. The van der Waals surface area contributed by atoms with Gasteiger partial charge >= 0.3 is 18.1 Å². The molecule has 6 nitrogen and oxygen atoms in total. The summed E-state index contributed by atoms with van der Waals surface area (Å²) in [4.78, 5) is 37.3. The second-order valence-electron chi connectivity index (χ2n) is 5.37. The zero-order valence-electron chi connectivity index (χ0n) is 12.1. The maximum absolute atomic E-state index is 12.6. The fourth-order valence-corrected chi connectivity index (χ4v) is 3.03. The average molecular weight is 322 g/mol. The van der Waals surface area contributed by atoms with E-state index in [0.29, 0.717) is 24.2 Å². The summed E-state index contributed by atoms with van der Waals surface area (Å²) in [5.74, 6) is -3.20. The Balaban J connectivity index is 2.14. The molecule has 124 valence electrons. The van der Waals surface area contributed by atoms with E-state index in [-0.39, 0.29) is 19.5 Å². The second kappa shape index (κ2) is 6.13. The first-order valence-corrected chi connectivity index (χ1v) is 7.03. The van der Waals surface area contributed by atoms with Crippen molar-refractivity contribution < 1.29 is 32.3 Å². The molecule has 2 aliphatic heterocycles. The van der Waals surface area contributed by atoms with Crippen molar-refractivity contribution in [3.63, 3.8) is 0 Å². The SMILES string of the molecule is COC(=O)[C@@H]1CCCN1C(=O)[C@@H]1CCCN1C(=O)C(F)(F)F. The van der Waals surface area contributed by atoms with Gasteiger partial charge in [-0.15, -0.1) is 0 Å². The summed E-state index contributed by atoms with van der Waals surface area (Å²) in [5, 5.41) is 0. The van der Waals surface area contributed by atoms with Crippen molar-refractivity contribution in [1.82, 2.24) is 9.80 Å². The van der Waals surface area contributed by atoms with Gasteiger partial charge in [0.25, 0.3) is 0 Å². The standard InChI is InChI=1S/C13H17F3N2O4/c1-22-11(20)9-5-3-6-17(9)10(19)8-4-2-7-18(8)12(21)13(14,15)16/h8-9H,2-7H2,1H3/t8-,9-/m0/s1. The highest BCUT2D eigenvalue weighted by Gasteiger charge is 2.49. The van der Waals surface area contributed by atoms with Crippen LogP contribution in [0.2, 0.25) is 0 Å². The van der Waals surface area contributed by atoms with Gasteiger partial charge in [0.05, 0.1) is 7.11 Å². The Labute approximate surface area is 125 Å². The number of carbonyl (C=O) groups is 3. The summed E-state index contributed by atoms with van der Waals surface area (Å²) >= 11 is 0. The topological polar surface area (TPSA) is 66.9 Å². The quantitative estimate of drug-likeness (QED) is 0.702. The van der Waals surface area contributed by atoms with Crippen LogP contribution in [0.3, 0.4) is 0 Å². The molecule has 22 heavy (non-hydrogen) atoms. The van der Waals surface area contributed by atoms with Crippen LogP contribution in [0.15, 0.2) is 0 Å². The van der Waals surface area contributed by atoms with E-state index in [1.807, 2.05) is 0 Å². The molecule has 0 spiro atoms. The lowest BCUT2D eigenvalue weighted by molar-refractivity contribution is -0.187. The third-order valence-electron chi connectivity index (χ3n) is 4.05. The first-order chi connectivity index (χ1) is 10.3. The Morgan fingerprint density at radius 3 is 2.09 bits per heavy atom. The minimum atomic E-state index is -5.00. The lowest BCUT2D eigenvalue weighted by Gasteiger charge is -2.30. The smallest absolute Gasteiger partial charge is 0.467 e. The minimum absolute atomic E-state index is 0.106. The van der Waals surface area contributed by atoms with Gasteiger partial charge in [0.2, 0.25) is 5.91 Å². The van der Waals surface area contributed by atoms with Gasteiger partial charge in [0, 0.05) is 13.1 Å². The molecular weight excluding hydrogens is 305 g/mol. The fraction of sp³-hybridized carbons (Fsp3) is 0.769. The van der Waals surface area contributed by atoms with Crippen molar-refractivity contribution in [1.29, 1.82) is 0 Å². The monoisotopic (exact) mass is 322 g/mol. The number of halogens is 3. The van der Waals surface area contributed by atoms with Crippen molar-refractivity contribution >= 4 is 17.8 Å². The zero-order valence-corrected chi connectivity index (χ0v) is 12.1. The number of rotatable bonds is 2. The lowest BCUT2D eigenvalue weighted by Crippen LogP contribution is -2.53. The number of methoxy groups -OCH3 is 1. The van der Waals surface area contributed by atoms with Gasteiger partial charge in [-0.2, -0.15) is 13.2 Å². The number of hydrogen-bond acceptors (Lipinski definition) is 4. The molecule has 0 aromatic heterocycles. The molecule has 2 aliphatic rings. The first kappa shape index (κ1) is 16.6. The number of hydrogen-bond donors (Lipinski definition) is 0. The van der Waals surface area contributed by atoms with Crippen LogP contribution in [0.5, 0.6) is 0 Å². The molecule has 0 radical (unpaired) electrons. The van der Waals surface area contributed by atoms with Crippen molar-refractivity contribution in [2.45, 2.75) is 43.9 Å². The van der Waals surface area contributed by atoms with E-state index in [2.05, 4.69) is 4.74 Å². The summed E-state index contributed by atoms with van der Waals surface area (Å²) in [6.07, 6.45) is -3.51. The molecule has 2 amide bonds. The Kier molecular flexibility index (Phi) is 4.62. The molecule has 0 aromatic rings. The molecule has 0 N–H and O–H groups in total. The summed E-state index contributed by atoms with van der Waals surface area (Å²) in [6.45, 7) is 0.175. The van der Waals surface area contributed by atoms with E-state index < -0.39 is 36.0 Å². The molecule has 2 rings (SSSR count). The Morgan fingerprint density at radius 1 is 1.00 bits per heavy atom. The van der Waals surface area contributed by atoms with E-state index in [0.717, 1.165) is 0 Å². The van der Waals surface area contributed by atoms with Crippen LogP contribution in [-0.4, -0.2) is 66.0 Å². The van der Waals surface area contributed by atoms with E-state index in [1.54, 1.807) is 0 Å². The summed E-state index contributed by atoms with van der Waals surface area (Å²) in [6, 6.07) is -1.93. The molecule has 0 unspecified atom stereocenters. The molecule has 9 heteroatoms. The van der Waals surface area contributed by atoms with Gasteiger partial charge in [-0.3, -0.25) is 9.59 Å². The highest BCUT2D eigenvalue weighted by Crippen LogP contribution is 2.29. The van der Waals surface area contributed by atoms with Gasteiger partial charge in [0.1, 0.15) is 12.1 Å². The maximum atomic E-state index is 12.6. The number of esters is 1. The van der Waals surface area contributed by atoms with Crippen LogP contribution in [0.1, 0.15) is 25.7 Å². The number of nitrogens with zero attached hydrogens (tertiary/aromatic N) is 2. The number of amides is 2. The van der Waals surface area contributed by atoms with E-state index in [1.165, 1.54) is 12.0 Å². The molecule has 2 saturated heterocycles. The van der Waals surface area contributed by atoms with Crippen molar-refractivity contribution in [2.24, 2.45) is 0 Å². The van der Waals surface area contributed by atoms with Crippen LogP contribution in [-0.2, 0) is 19.1 Å². The largest absolute Gasteiger partial charge is 0.471 e.